The molecule has 0 radical (unpaired) electrons. The van der Waals surface area contributed by atoms with E-state index in [1.165, 1.54) is 14.2 Å². The van der Waals surface area contributed by atoms with E-state index in [0.29, 0.717) is 23.8 Å². The maximum Gasteiger partial charge on any atom is 0.323 e. The normalized spacial score (nSPS) is 9.95. The van der Waals surface area contributed by atoms with Gasteiger partial charge in [-0.1, -0.05) is 0 Å². The summed E-state index contributed by atoms with van der Waals surface area (Å²) in [5.41, 5.74) is 0.550. The molecule has 0 amide bonds. The molecule has 0 heterocycles. The van der Waals surface area contributed by atoms with Crippen LogP contribution in [0.15, 0.2) is 18.2 Å². The number of esters is 1. The number of hydrogen-bond donors (Lipinski definition) is 1. The number of hydrogen-bond acceptors (Lipinski definition) is 6. The predicted octanol–water partition coefficient (Wildman–Crippen LogP) is 1.55. The van der Waals surface area contributed by atoms with Crippen molar-refractivity contribution in [1.82, 2.24) is 0 Å². The van der Waals surface area contributed by atoms with Crippen LogP contribution in [0.1, 0.15) is 13.3 Å². The molecular weight excluding hydrogens is 290 g/mol. The molecule has 7 heteroatoms. The highest BCUT2D eigenvalue weighted by Crippen LogP contribution is 2.32. The summed E-state index contributed by atoms with van der Waals surface area (Å²) in [5, 5.41) is 9.07. The monoisotopic (exact) mass is 311 g/mol. The highest BCUT2D eigenvalue weighted by Gasteiger charge is 2.17. The number of methoxy groups -OCH3 is 2. The summed E-state index contributed by atoms with van der Waals surface area (Å²) in [6, 6.07) is 5.08. The highest BCUT2D eigenvalue weighted by molar-refractivity contribution is 5.77. The van der Waals surface area contributed by atoms with Crippen LogP contribution in [0.3, 0.4) is 0 Å². The number of benzene rings is 1. The lowest BCUT2D eigenvalue weighted by molar-refractivity contribution is -0.143. The van der Waals surface area contributed by atoms with Crippen molar-refractivity contribution >= 4 is 17.6 Å². The fraction of sp³-hybridized carbons (Fsp3) is 0.467. The number of anilines is 1. The second-order valence-electron chi connectivity index (χ2n) is 4.41. The molecule has 0 saturated heterocycles. The Labute approximate surface area is 129 Å². The smallest absolute Gasteiger partial charge is 0.323 e. The summed E-state index contributed by atoms with van der Waals surface area (Å²) < 4.78 is 15.3. The number of nitrogens with zero attached hydrogens (tertiary/aromatic N) is 1. The molecule has 0 aliphatic rings. The fourth-order valence-electron chi connectivity index (χ4n) is 1.95. The zero-order chi connectivity index (χ0) is 16.5. The molecule has 0 aliphatic carbocycles. The molecular formula is C15H21NO6. The van der Waals surface area contributed by atoms with Gasteiger partial charge in [-0.15, -0.1) is 0 Å². The van der Waals surface area contributed by atoms with Gasteiger partial charge in [0, 0.05) is 12.6 Å². The van der Waals surface area contributed by atoms with Crippen molar-refractivity contribution in [1.29, 1.82) is 0 Å². The minimum Gasteiger partial charge on any atom is -0.497 e. The van der Waals surface area contributed by atoms with Gasteiger partial charge in [0.1, 0.15) is 18.0 Å². The van der Waals surface area contributed by atoms with Gasteiger partial charge in [-0.05, 0) is 19.1 Å². The third-order valence-corrected chi connectivity index (χ3v) is 2.94. The SMILES string of the molecule is CCOC(=O)CCN(CC(=O)O)c1cc(OC)ccc1OC. The van der Waals surface area contributed by atoms with Crippen molar-refractivity contribution < 1.29 is 28.9 Å². The Morgan fingerprint density at radius 1 is 1.23 bits per heavy atom. The Bertz CT molecular complexity index is 517. The molecule has 0 atom stereocenters. The summed E-state index contributed by atoms with van der Waals surface area (Å²) >= 11 is 0. The summed E-state index contributed by atoms with van der Waals surface area (Å²) in [7, 11) is 3.02. The van der Waals surface area contributed by atoms with Gasteiger partial charge in [-0.25, -0.2) is 0 Å². The van der Waals surface area contributed by atoms with E-state index in [0.717, 1.165) is 0 Å². The molecule has 0 spiro atoms. The minimum absolute atomic E-state index is 0.0848. The predicted molar refractivity (Wildman–Crippen MR) is 80.6 cm³/mol. The maximum absolute atomic E-state index is 11.5. The van der Waals surface area contributed by atoms with E-state index < -0.39 is 5.97 Å². The third-order valence-electron chi connectivity index (χ3n) is 2.94. The van der Waals surface area contributed by atoms with E-state index in [2.05, 4.69) is 0 Å². The lowest BCUT2D eigenvalue weighted by Crippen LogP contribution is -2.32. The number of carbonyl (C=O) groups excluding carboxylic acids is 1. The number of rotatable bonds is 9. The van der Waals surface area contributed by atoms with Crippen LogP contribution in [-0.4, -0.2) is 51.0 Å². The van der Waals surface area contributed by atoms with Crippen LogP contribution in [0.2, 0.25) is 0 Å². The lowest BCUT2D eigenvalue weighted by Gasteiger charge is -2.24. The molecule has 22 heavy (non-hydrogen) atoms. The minimum atomic E-state index is -1.01. The quantitative estimate of drug-likeness (QED) is 0.692. The van der Waals surface area contributed by atoms with Crippen molar-refractivity contribution in [2.24, 2.45) is 0 Å². The first-order valence-electron chi connectivity index (χ1n) is 6.86. The average Bonchev–Trinajstić information content (AvgIpc) is 2.50. The standard InChI is InChI=1S/C15H21NO6/c1-4-22-15(19)7-8-16(10-14(17)18)12-9-11(20-2)5-6-13(12)21-3/h5-6,9H,4,7-8,10H2,1-3H3,(H,17,18). The van der Waals surface area contributed by atoms with E-state index in [1.54, 1.807) is 30.0 Å². The van der Waals surface area contributed by atoms with Gasteiger partial charge in [-0.2, -0.15) is 0 Å². The zero-order valence-corrected chi connectivity index (χ0v) is 13.0. The van der Waals surface area contributed by atoms with Crippen LogP contribution in [0.4, 0.5) is 5.69 Å². The molecule has 0 aliphatic heterocycles. The molecule has 0 bridgehead atoms. The fourth-order valence-corrected chi connectivity index (χ4v) is 1.95. The summed E-state index contributed by atoms with van der Waals surface area (Å²) in [5.74, 6) is -0.304. The molecule has 122 valence electrons. The number of aliphatic carboxylic acids is 1. The second kappa shape index (κ2) is 8.76. The number of ether oxygens (including phenoxy) is 3. The molecule has 0 fully saturated rings. The van der Waals surface area contributed by atoms with Crippen molar-refractivity contribution in [3.63, 3.8) is 0 Å². The van der Waals surface area contributed by atoms with E-state index in [4.69, 9.17) is 19.3 Å². The van der Waals surface area contributed by atoms with Gasteiger partial charge in [0.15, 0.2) is 0 Å². The van der Waals surface area contributed by atoms with Gasteiger partial charge in [-0.3, -0.25) is 9.59 Å². The first kappa shape index (κ1) is 17.6. The Balaban J connectivity index is 2.99. The highest BCUT2D eigenvalue weighted by atomic mass is 16.5. The zero-order valence-electron chi connectivity index (χ0n) is 13.0. The summed E-state index contributed by atoms with van der Waals surface area (Å²) in [4.78, 5) is 24.1. The Morgan fingerprint density at radius 3 is 2.50 bits per heavy atom. The Hall–Kier alpha value is -2.44. The molecule has 1 aromatic rings. The van der Waals surface area contributed by atoms with Crippen molar-refractivity contribution in [2.75, 3.05) is 38.8 Å². The van der Waals surface area contributed by atoms with E-state index >= 15 is 0 Å². The summed E-state index contributed by atoms with van der Waals surface area (Å²) in [6.07, 6.45) is 0.0848. The van der Waals surface area contributed by atoms with Crippen LogP contribution in [0.25, 0.3) is 0 Å². The Kier molecular flexibility index (Phi) is 7.01. The number of carbonyl (C=O) groups is 2. The van der Waals surface area contributed by atoms with Crippen LogP contribution < -0.4 is 14.4 Å². The van der Waals surface area contributed by atoms with Crippen LogP contribution in [0.5, 0.6) is 11.5 Å². The van der Waals surface area contributed by atoms with Crippen molar-refractivity contribution in [2.45, 2.75) is 13.3 Å². The third kappa shape index (κ3) is 5.16. The topological polar surface area (TPSA) is 85.3 Å². The average molecular weight is 311 g/mol. The number of carboxylic acid groups (broad SMARTS) is 1. The van der Waals surface area contributed by atoms with E-state index in [-0.39, 0.29) is 25.5 Å². The van der Waals surface area contributed by atoms with Crippen molar-refractivity contribution in [3.05, 3.63) is 18.2 Å². The maximum atomic E-state index is 11.5. The van der Waals surface area contributed by atoms with Crippen LogP contribution in [-0.2, 0) is 14.3 Å². The molecule has 1 aromatic carbocycles. The molecule has 1 rings (SSSR count). The Morgan fingerprint density at radius 2 is 1.95 bits per heavy atom. The van der Waals surface area contributed by atoms with E-state index in [9.17, 15) is 9.59 Å². The van der Waals surface area contributed by atoms with Gasteiger partial charge in [0.05, 0.1) is 32.9 Å². The molecule has 0 unspecified atom stereocenters. The lowest BCUT2D eigenvalue weighted by atomic mass is 10.2. The van der Waals surface area contributed by atoms with Gasteiger partial charge < -0.3 is 24.2 Å². The number of carboxylic acids is 1. The van der Waals surface area contributed by atoms with Gasteiger partial charge in [0.25, 0.3) is 0 Å². The molecule has 7 nitrogen and oxygen atoms in total. The van der Waals surface area contributed by atoms with E-state index in [1.807, 2.05) is 0 Å². The van der Waals surface area contributed by atoms with Crippen LogP contribution in [0, 0.1) is 0 Å². The molecule has 0 aromatic heterocycles. The van der Waals surface area contributed by atoms with Gasteiger partial charge >= 0.3 is 11.9 Å². The molecule has 1 N–H and O–H groups in total. The van der Waals surface area contributed by atoms with Crippen molar-refractivity contribution in [3.8, 4) is 11.5 Å². The van der Waals surface area contributed by atoms with Gasteiger partial charge in [0.2, 0.25) is 0 Å². The first-order valence-corrected chi connectivity index (χ1v) is 6.86. The largest absolute Gasteiger partial charge is 0.497 e. The second-order valence-corrected chi connectivity index (χ2v) is 4.41. The summed E-state index contributed by atoms with van der Waals surface area (Å²) in [6.45, 7) is 1.95. The van der Waals surface area contributed by atoms with Crippen LogP contribution >= 0.6 is 0 Å². The molecule has 0 saturated carbocycles. The first-order chi connectivity index (χ1) is 10.5.